The second-order valence-electron chi connectivity index (χ2n) is 5.18. The van der Waals surface area contributed by atoms with E-state index in [4.69, 9.17) is 0 Å². The quantitative estimate of drug-likeness (QED) is 0.650. The first kappa shape index (κ1) is 17.6. The van der Waals surface area contributed by atoms with Gasteiger partial charge in [0.2, 0.25) is 0 Å². The van der Waals surface area contributed by atoms with Gasteiger partial charge in [0, 0.05) is 18.7 Å². The molecule has 0 aliphatic rings. The van der Waals surface area contributed by atoms with Crippen LogP contribution in [0.2, 0.25) is 0 Å². The van der Waals surface area contributed by atoms with Gasteiger partial charge in [-0.25, -0.2) is 4.39 Å². The summed E-state index contributed by atoms with van der Waals surface area (Å²) in [4.78, 5) is 15.7. The summed E-state index contributed by atoms with van der Waals surface area (Å²) in [5.41, 5.74) is 1.01. The van der Waals surface area contributed by atoms with Crippen molar-refractivity contribution in [1.29, 1.82) is 0 Å². The zero-order valence-corrected chi connectivity index (χ0v) is 13.7. The maximum absolute atomic E-state index is 14.2. The highest BCUT2D eigenvalue weighted by atomic mass is 19.1. The van der Waals surface area contributed by atoms with Gasteiger partial charge in [-0.05, 0) is 58.1 Å². The van der Waals surface area contributed by atoms with Crippen molar-refractivity contribution in [2.45, 2.75) is 34.1 Å². The molecule has 0 saturated carbocycles. The third-order valence-corrected chi connectivity index (χ3v) is 3.87. The molecule has 0 bridgehead atoms. The van der Waals surface area contributed by atoms with Crippen LogP contribution in [0.25, 0.3) is 0 Å². The lowest BCUT2D eigenvalue weighted by Gasteiger charge is -2.25. The van der Waals surface area contributed by atoms with Crippen LogP contribution in [-0.2, 0) is 0 Å². The summed E-state index contributed by atoms with van der Waals surface area (Å²) in [6, 6.07) is 4.76. The van der Waals surface area contributed by atoms with Crippen LogP contribution in [0.5, 0.6) is 0 Å². The molecule has 0 aliphatic carbocycles. The minimum absolute atomic E-state index is 0.106. The van der Waals surface area contributed by atoms with E-state index in [1.54, 1.807) is 12.1 Å². The minimum atomic E-state index is -0.313. The van der Waals surface area contributed by atoms with E-state index in [-0.39, 0.29) is 11.6 Å². The van der Waals surface area contributed by atoms with Gasteiger partial charge in [-0.1, -0.05) is 13.8 Å². The van der Waals surface area contributed by atoms with E-state index in [1.807, 2.05) is 11.8 Å². The molecule has 1 rings (SSSR count). The largest absolute Gasteiger partial charge is 0.369 e. The number of nitrogens with zero attached hydrogens (tertiary/aromatic N) is 2. The van der Waals surface area contributed by atoms with Crippen molar-refractivity contribution in [1.82, 2.24) is 4.90 Å². The van der Waals surface area contributed by atoms with E-state index in [2.05, 4.69) is 18.7 Å². The summed E-state index contributed by atoms with van der Waals surface area (Å²) in [5, 5.41) is 0. The van der Waals surface area contributed by atoms with Crippen molar-refractivity contribution in [2.24, 2.45) is 0 Å². The van der Waals surface area contributed by atoms with Crippen LogP contribution in [0.15, 0.2) is 18.2 Å². The molecule has 0 atom stereocenters. The Morgan fingerprint density at radius 3 is 2.24 bits per heavy atom. The Hall–Kier alpha value is -1.42. The highest BCUT2D eigenvalue weighted by molar-refractivity contribution is 5.94. The van der Waals surface area contributed by atoms with Crippen LogP contribution >= 0.6 is 0 Å². The molecular weight excluding hydrogens is 267 g/mol. The van der Waals surface area contributed by atoms with Crippen molar-refractivity contribution in [3.05, 3.63) is 29.6 Å². The lowest BCUT2D eigenvalue weighted by Crippen LogP contribution is -2.30. The van der Waals surface area contributed by atoms with Crippen molar-refractivity contribution in [3.8, 4) is 0 Å². The third kappa shape index (κ3) is 5.12. The van der Waals surface area contributed by atoms with Crippen LogP contribution in [0.3, 0.4) is 0 Å². The first-order valence-electron chi connectivity index (χ1n) is 7.81. The fraction of sp³-hybridized carbons (Fsp3) is 0.588. The Morgan fingerprint density at radius 1 is 1.10 bits per heavy atom. The number of carbonyl (C=O) groups is 1. The van der Waals surface area contributed by atoms with Gasteiger partial charge in [0.05, 0.1) is 5.69 Å². The molecule has 0 amide bonds. The Morgan fingerprint density at radius 2 is 1.76 bits per heavy atom. The number of Topliss-reactive ketones (excluding diaryl/α,β-unsaturated/α-hetero) is 1. The molecule has 0 unspecified atom stereocenters. The Kier molecular flexibility index (Phi) is 7.37. The number of anilines is 1. The van der Waals surface area contributed by atoms with E-state index >= 15 is 0 Å². The van der Waals surface area contributed by atoms with Gasteiger partial charge in [0.1, 0.15) is 5.82 Å². The summed E-state index contributed by atoms with van der Waals surface area (Å²) < 4.78 is 14.2. The van der Waals surface area contributed by atoms with E-state index in [9.17, 15) is 9.18 Å². The highest BCUT2D eigenvalue weighted by Crippen LogP contribution is 2.21. The van der Waals surface area contributed by atoms with Gasteiger partial charge >= 0.3 is 0 Å². The smallest absolute Gasteiger partial charge is 0.159 e. The van der Waals surface area contributed by atoms with Gasteiger partial charge in [-0.15, -0.1) is 0 Å². The van der Waals surface area contributed by atoms with Crippen LogP contribution in [0.1, 0.15) is 44.5 Å². The van der Waals surface area contributed by atoms with Crippen molar-refractivity contribution in [2.75, 3.05) is 37.6 Å². The van der Waals surface area contributed by atoms with E-state index in [0.29, 0.717) is 11.3 Å². The summed E-state index contributed by atoms with van der Waals surface area (Å²) in [7, 11) is 0. The normalized spacial score (nSPS) is 11.0. The topological polar surface area (TPSA) is 23.6 Å². The van der Waals surface area contributed by atoms with Crippen molar-refractivity contribution >= 4 is 11.5 Å². The van der Waals surface area contributed by atoms with Crippen LogP contribution < -0.4 is 4.90 Å². The van der Waals surface area contributed by atoms with Gasteiger partial charge in [0.25, 0.3) is 0 Å². The Labute approximate surface area is 127 Å². The zero-order valence-electron chi connectivity index (χ0n) is 13.7. The SMILES string of the molecule is CCN(CC)CCCN(CC)c1ccc(C(C)=O)cc1F. The molecule has 0 radical (unpaired) electrons. The average molecular weight is 294 g/mol. The Bertz CT molecular complexity index is 458. The fourth-order valence-electron chi connectivity index (χ4n) is 2.46. The lowest BCUT2D eigenvalue weighted by molar-refractivity contribution is 0.101. The molecule has 1 aromatic carbocycles. The fourth-order valence-corrected chi connectivity index (χ4v) is 2.46. The molecule has 0 fully saturated rings. The summed E-state index contributed by atoms with van der Waals surface area (Å²) >= 11 is 0. The van der Waals surface area contributed by atoms with Gasteiger partial charge in [0.15, 0.2) is 5.78 Å². The van der Waals surface area contributed by atoms with E-state index in [1.165, 1.54) is 13.0 Å². The van der Waals surface area contributed by atoms with Crippen molar-refractivity contribution < 1.29 is 9.18 Å². The predicted molar refractivity (Wildman–Crippen MR) is 86.7 cm³/mol. The molecule has 1 aromatic rings. The van der Waals surface area contributed by atoms with Crippen LogP contribution in [0, 0.1) is 5.82 Å². The zero-order chi connectivity index (χ0) is 15.8. The first-order valence-corrected chi connectivity index (χ1v) is 7.81. The summed E-state index contributed by atoms with van der Waals surface area (Å²) in [6.45, 7) is 12.5. The molecule has 0 aromatic heterocycles. The molecule has 3 nitrogen and oxygen atoms in total. The molecule has 0 heterocycles. The van der Waals surface area contributed by atoms with E-state index in [0.717, 1.165) is 39.1 Å². The second kappa shape index (κ2) is 8.78. The number of hydrogen-bond donors (Lipinski definition) is 0. The molecule has 0 spiro atoms. The number of rotatable bonds is 9. The summed E-state index contributed by atoms with van der Waals surface area (Å²) in [6.07, 6.45) is 1.00. The molecule has 0 N–H and O–H groups in total. The highest BCUT2D eigenvalue weighted by Gasteiger charge is 2.12. The minimum Gasteiger partial charge on any atom is -0.369 e. The van der Waals surface area contributed by atoms with Gasteiger partial charge < -0.3 is 9.80 Å². The predicted octanol–water partition coefficient (Wildman–Crippen LogP) is 3.59. The molecule has 0 saturated heterocycles. The van der Waals surface area contributed by atoms with Gasteiger partial charge in [-0.2, -0.15) is 0 Å². The van der Waals surface area contributed by atoms with Crippen LogP contribution in [0.4, 0.5) is 10.1 Å². The maximum Gasteiger partial charge on any atom is 0.159 e. The lowest BCUT2D eigenvalue weighted by atomic mass is 10.1. The van der Waals surface area contributed by atoms with Crippen LogP contribution in [-0.4, -0.2) is 43.4 Å². The monoisotopic (exact) mass is 294 g/mol. The molecule has 118 valence electrons. The average Bonchev–Trinajstić information content (AvgIpc) is 2.48. The standard InChI is InChI=1S/C17H27FN2O/c1-5-19(6-2)11-8-12-20(7-3)17-10-9-15(14(4)21)13-16(17)18/h9-10,13H,5-8,11-12H2,1-4H3. The number of halogens is 1. The number of benzene rings is 1. The van der Waals surface area contributed by atoms with Gasteiger partial charge in [-0.3, -0.25) is 4.79 Å². The first-order chi connectivity index (χ1) is 10.0. The molecule has 4 heteroatoms. The van der Waals surface area contributed by atoms with Crippen molar-refractivity contribution in [3.63, 3.8) is 0 Å². The maximum atomic E-state index is 14.2. The van der Waals surface area contributed by atoms with E-state index < -0.39 is 0 Å². The third-order valence-electron chi connectivity index (χ3n) is 3.87. The number of ketones is 1. The number of hydrogen-bond acceptors (Lipinski definition) is 3. The molecule has 0 aliphatic heterocycles. The Balaban J connectivity index is 2.69. The molecular formula is C17H27FN2O. The summed E-state index contributed by atoms with van der Waals surface area (Å²) in [5.74, 6) is -0.419. The second-order valence-corrected chi connectivity index (χ2v) is 5.18. The molecule has 21 heavy (non-hydrogen) atoms. The number of carbonyl (C=O) groups excluding carboxylic acids is 1.